The molecule has 13 heteroatoms. The van der Waals surface area contributed by atoms with Crippen LogP contribution < -0.4 is 24.2 Å². The Morgan fingerprint density at radius 1 is 1.00 bits per heavy atom. The fourth-order valence-electron chi connectivity index (χ4n) is 4.87. The molecule has 0 aromatic heterocycles. The Bertz CT molecular complexity index is 1770. The number of carbonyl (C=O) groups is 3. The van der Waals surface area contributed by atoms with Gasteiger partial charge in [0.15, 0.2) is 11.5 Å². The summed E-state index contributed by atoms with van der Waals surface area (Å²) in [5.41, 5.74) is 2.20. The van der Waals surface area contributed by atoms with Crippen molar-refractivity contribution < 1.29 is 37.0 Å². The Labute approximate surface area is 261 Å². The molecule has 0 aliphatic carbocycles. The number of nitrogens with zero attached hydrogens (tertiary/aromatic N) is 2. The summed E-state index contributed by atoms with van der Waals surface area (Å²) in [5.74, 6) is -0.228. The predicted molar refractivity (Wildman–Crippen MR) is 165 cm³/mol. The van der Waals surface area contributed by atoms with Crippen molar-refractivity contribution in [3.8, 4) is 17.2 Å². The fourth-order valence-corrected chi connectivity index (χ4v) is 5.85. The number of nitrogens with one attached hydrogen (secondary N) is 2. The van der Waals surface area contributed by atoms with Gasteiger partial charge in [-0.3, -0.25) is 19.7 Å². The molecule has 236 valence electrons. The van der Waals surface area contributed by atoms with Gasteiger partial charge in [0, 0.05) is 18.2 Å². The van der Waals surface area contributed by atoms with Gasteiger partial charge < -0.3 is 19.1 Å². The molecule has 5 rings (SSSR count). The molecule has 0 bridgehead atoms. The van der Waals surface area contributed by atoms with E-state index in [-0.39, 0.29) is 47.3 Å². The summed E-state index contributed by atoms with van der Waals surface area (Å²) in [6.07, 6.45) is -0.231. The van der Waals surface area contributed by atoms with E-state index < -0.39 is 27.9 Å². The molecule has 0 radical (unpaired) electrons. The van der Waals surface area contributed by atoms with Crippen molar-refractivity contribution in [2.24, 2.45) is 4.99 Å². The third-order valence-corrected chi connectivity index (χ3v) is 8.67. The number of likely N-dealkylation sites (N-methyl/N-ethyl adjacent to an activating group) is 1. The summed E-state index contributed by atoms with van der Waals surface area (Å²) in [5, 5.41) is 2.64. The Morgan fingerprint density at radius 2 is 1.71 bits per heavy atom. The number of aliphatic imine (C=N–C) groups is 1. The lowest BCUT2D eigenvalue weighted by Gasteiger charge is -2.22. The molecule has 12 nitrogen and oxygen atoms in total. The average Bonchev–Trinajstić information content (AvgIpc) is 3.60. The molecule has 2 heterocycles. The maximum Gasteiger partial charge on any atom is 0.279 e. The third-order valence-electron chi connectivity index (χ3n) is 7.31. The highest BCUT2D eigenvalue weighted by Gasteiger charge is 2.31. The Morgan fingerprint density at radius 3 is 2.38 bits per heavy atom. The van der Waals surface area contributed by atoms with E-state index >= 15 is 0 Å². The van der Waals surface area contributed by atoms with Gasteiger partial charge in [0.2, 0.25) is 18.9 Å². The molecule has 3 aromatic carbocycles. The van der Waals surface area contributed by atoms with E-state index in [1.54, 1.807) is 49.5 Å². The number of hydrogen-bond donors (Lipinski definition) is 2. The molecule has 0 saturated carbocycles. The quantitative estimate of drug-likeness (QED) is 0.340. The monoisotopic (exact) mass is 634 g/mol. The minimum Gasteiger partial charge on any atom is -0.475 e. The van der Waals surface area contributed by atoms with Gasteiger partial charge in [0.1, 0.15) is 12.3 Å². The molecule has 3 amide bonds. The first-order valence-electron chi connectivity index (χ1n) is 14.4. The largest absolute Gasteiger partial charge is 0.475 e. The van der Waals surface area contributed by atoms with Crippen LogP contribution in [0, 0.1) is 0 Å². The van der Waals surface area contributed by atoms with Crippen LogP contribution in [0.3, 0.4) is 0 Å². The molecular weight excluding hydrogens is 600 g/mol. The first kappa shape index (κ1) is 31.5. The number of fused-ring (bicyclic) bond motifs is 1. The molecular formula is C32H34N4O8S. The van der Waals surface area contributed by atoms with E-state index in [4.69, 9.17) is 14.2 Å². The maximum atomic E-state index is 13.7. The lowest BCUT2D eigenvalue weighted by molar-refractivity contribution is -0.126. The number of sulfonamides is 1. The number of amides is 3. The van der Waals surface area contributed by atoms with Crippen LogP contribution in [0.25, 0.3) is 0 Å². The zero-order chi connectivity index (χ0) is 32.3. The van der Waals surface area contributed by atoms with E-state index in [0.717, 1.165) is 5.56 Å². The molecule has 0 fully saturated rings. The molecule has 1 unspecified atom stereocenters. The second-order valence-corrected chi connectivity index (χ2v) is 12.7. The van der Waals surface area contributed by atoms with Crippen molar-refractivity contribution in [1.82, 2.24) is 14.9 Å². The van der Waals surface area contributed by atoms with Gasteiger partial charge in [-0.2, -0.15) is 4.99 Å². The summed E-state index contributed by atoms with van der Waals surface area (Å²) in [6, 6.07) is 15.8. The normalized spacial score (nSPS) is 14.7. The van der Waals surface area contributed by atoms with Crippen LogP contribution in [0.15, 0.2) is 70.6 Å². The number of benzene rings is 3. The standard InChI is InChI=1S/C32H34N4O8S/c1-5-6-21-15-23(30(38)34-32-33-28(37)17-36(32)4)10-13-25(21)44-29(22-9-14-26-27(16-22)43-18-42-26)31(39)35-45(40,41)24-11-7-20(8-12-24)19(2)3/h7-16,19,29H,5-6,17-18H2,1-4H3,(H,35,39)(H,33,34,37,38). The Balaban J connectivity index is 1.44. The number of hydrogen-bond acceptors (Lipinski definition) is 9. The lowest BCUT2D eigenvalue weighted by atomic mass is 10.0. The van der Waals surface area contributed by atoms with Crippen molar-refractivity contribution in [2.75, 3.05) is 20.4 Å². The molecule has 2 N–H and O–H groups in total. The summed E-state index contributed by atoms with van der Waals surface area (Å²) < 4.78 is 45.8. The summed E-state index contributed by atoms with van der Waals surface area (Å²) in [6.45, 7) is 6.03. The first-order valence-corrected chi connectivity index (χ1v) is 15.9. The Hall–Kier alpha value is -4.91. The maximum absolute atomic E-state index is 13.7. The van der Waals surface area contributed by atoms with Crippen LogP contribution in [-0.4, -0.2) is 57.4 Å². The van der Waals surface area contributed by atoms with Gasteiger partial charge in [-0.05, 0) is 65.9 Å². The smallest absolute Gasteiger partial charge is 0.279 e. The molecule has 0 spiro atoms. The van der Waals surface area contributed by atoms with Crippen LogP contribution in [0.2, 0.25) is 0 Å². The SMILES string of the molecule is CCCc1cc(C(=O)NC2=NC(=O)CN2C)ccc1OC(C(=O)NS(=O)(=O)c1ccc(C(C)C)cc1)c1ccc2c(c1)OCO2. The molecule has 3 aromatic rings. The summed E-state index contributed by atoms with van der Waals surface area (Å²) in [4.78, 5) is 43.6. The lowest BCUT2D eigenvalue weighted by Crippen LogP contribution is -2.39. The number of guanidine groups is 1. The minimum absolute atomic E-state index is 0.0117. The summed E-state index contributed by atoms with van der Waals surface area (Å²) >= 11 is 0. The van der Waals surface area contributed by atoms with Crippen LogP contribution in [0.1, 0.15) is 66.3 Å². The Kier molecular flexibility index (Phi) is 9.09. The second kappa shape index (κ2) is 13.0. The van der Waals surface area contributed by atoms with Crippen molar-refractivity contribution in [3.05, 3.63) is 82.9 Å². The molecule has 45 heavy (non-hydrogen) atoms. The number of rotatable bonds is 10. The molecule has 2 aliphatic rings. The third kappa shape index (κ3) is 7.09. The van der Waals surface area contributed by atoms with E-state index in [0.29, 0.717) is 35.5 Å². The highest BCUT2D eigenvalue weighted by atomic mass is 32.2. The van der Waals surface area contributed by atoms with Gasteiger partial charge in [-0.25, -0.2) is 13.1 Å². The van der Waals surface area contributed by atoms with Crippen molar-refractivity contribution in [2.45, 2.75) is 50.5 Å². The molecule has 2 aliphatic heterocycles. The van der Waals surface area contributed by atoms with Crippen LogP contribution in [0.5, 0.6) is 17.2 Å². The van der Waals surface area contributed by atoms with E-state index in [1.165, 1.54) is 23.1 Å². The predicted octanol–water partition coefficient (Wildman–Crippen LogP) is 3.67. The van der Waals surface area contributed by atoms with Crippen molar-refractivity contribution >= 4 is 33.7 Å². The topological polar surface area (TPSA) is 153 Å². The average molecular weight is 635 g/mol. The van der Waals surface area contributed by atoms with E-state index in [9.17, 15) is 22.8 Å². The zero-order valence-corrected chi connectivity index (χ0v) is 26.1. The number of ether oxygens (including phenoxy) is 3. The van der Waals surface area contributed by atoms with Crippen LogP contribution in [-0.2, 0) is 26.0 Å². The number of carbonyl (C=O) groups excluding carboxylic acids is 3. The van der Waals surface area contributed by atoms with Crippen LogP contribution in [0.4, 0.5) is 0 Å². The molecule has 1 atom stereocenters. The van der Waals surface area contributed by atoms with Gasteiger partial charge in [-0.15, -0.1) is 0 Å². The van der Waals surface area contributed by atoms with E-state index in [2.05, 4.69) is 15.0 Å². The number of aryl methyl sites for hydroxylation is 1. The van der Waals surface area contributed by atoms with Gasteiger partial charge >= 0.3 is 0 Å². The highest BCUT2D eigenvalue weighted by Crippen LogP contribution is 2.36. The van der Waals surface area contributed by atoms with Gasteiger partial charge in [-0.1, -0.05) is 45.4 Å². The summed E-state index contributed by atoms with van der Waals surface area (Å²) in [7, 11) is -2.60. The van der Waals surface area contributed by atoms with Crippen LogP contribution >= 0.6 is 0 Å². The van der Waals surface area contributed by atoms with E-state index in [1.807, 2.05) is 20.8 Å². The second-order valence-electron chi connectivity index (χ2n) is 11.0. The van der Waals surface area contributed by atoms with Gasteiger partial charge in [0.05, 0.1) is 4.90 Å². The van der Waals surface area contributed by atoms with Gasteiger partial charge in [0.25, 0.3) is 27.7 Å². The minimum atomic E-state index is -4.24. The van der Waals surface area contributed by atoms with Crippen molar-refractivity contribution in [1.29, 1.82) is 0 Å². The zero-order valence-electron chi connectivity index (χ0n) is 25.3. The van der Waals surface area contributed by atoms with Crippen molar-refractivity contribution in [3.63, 3.8) is 0 Å². The fraction of sp³-hybridized carbons (Fsp3) is 0.312. The molecule has 0 saturated heterocycles. The first-order chi connectivity index (χ1) is 21.4. The highest BCUT2D eigenvalue weighted by molar-refractivity contribution is 7.90.